The predicted octanol–water partition coefficient (Wildman–Crippen LogP) is 5.25. The van der Waals surface area contributed by atoms with Gasteiger partial charge in [-0.2, -0.15) is 0 Å². The van der Waals surface area contributed by atoms with E-state index in [4.69, 9.17) is 0 Å². The molecule has 0 N–H and O–H groups in total. The Morgan fingerprint density at radius 2 is 1.89 bits per heavy atom. The number of halogens is 1. The third-order valence-corrected chi connectivity index (χ3v) is 4.07. The van der Waals surface area contributed by atoms with Crippen LogP contribution in [-0.2, 0) is 10.7 Å². The van der Waals surface area contributed by atoms with Crippen LogP contribution in [-0.4, -0.2) is 4.98 Å². The number of hydrogen-bond donors (Lipinski definition) is 0. The normalized spacial score (nSPS) is 11.6. The SMILES string of the molecule is Cc1c(CBr)cc(C(C)(C)C)cc1-c1ccccn1. The van der Waals surface area contributed by atoms with Crippen LogP contribution in [0.15, 0.2) is 36.5 Å². The summed E-state index contributed by atoms with van der Waals surface area (Å²) in [6, 6.07) is 10.7. The van der Waals surface area contributed by atoms with Crippen molar-refractivity contribution in [2.24, 2.45) is 0 Å². The number of rotatable bonds is 2. The van der Waals surface area contributed by atoms with Gasteiger partial charge in [-0.15, -0.1) is 0 Å². The van der Waals surface area contributed by atoms with Crippen LogP contribution in [0.3, 0.4) is 0 Å². The van der Waals surface area contributed by atoms with E-state index in [0.717, 1.165) is 11.0 Å². The fourth-order valence-corrected chi connectivity index (χ4v) is 2.72. The van der Waals surface area contributed by atoms with Gasteiger partial charge in [0.05, 0.1) is 5.69 Å². The lowest BCUT2D eigenvalue weighted by Gasteiger charge is -2.22. The number of benzene rings is 1. The standard InChI is InChI=1S/C17H20BrN/c1-12-13(11-18)9-14(17(2,3)4)10-15(12)16-7-5-6-8-19-16/h5-10H,11H2,1-4H3. The van der Waals surface area contributed by atoms with Crippen LogP contribution in [0.1, 0.15) is 37.5 Å². The first kappa shape index (κ1) is 14.3. The Morgan fingerprint density at radius 1 is 1.16 bits per heavy atom. The highest BCUT2D eigenvalue weighted by Gasteiger charge is 2.18. The molecule has 1 aromatic heterocycles. The molecular weight excluding hydrogens is 298 g/mol. The maximum atomic E-state index is 4.49. The van der Waals surface area contributed by atoms with E-state index in [2.05, 4.69) is 66.8 Å². The van der Waals surface area contributed by atoms with Gasteiger partial charge >= 0.3 is 0 Å². The molecule has 2 heteroatoms. The van der Waals surface area contributed by atoms with Gasteiger partial charge in [-0.05, 0) is 47.2 Å². The summed E-state index contributed by atoms with van der Waals surface area (Å²) in [5.74, 6) is 0. The Labute approximate surface area is 124 Å². The summed E-state index contributed by atoms with van der Waals surface area (Å²) in [5.41, 5.74) is 6.44. The molecule has 0 unspecified atom stereocenters. The van der Waals surface area contributed by atoms with Crippen LogP contribution in [0.2, 0.25) is 0 Å². The molecule has 1 aromatic carbocycles. The molecule has 0 saturated heterocycles. The van der Waals surface area contributed by atoms with Crippen molar-refractivity contribution >= 4 is 15.9 Å². The highest BCUT2D eigenvalue weighted by Crippen LogP contribution is 2.32. The predicted molar refractivity (Wildman–Crippen MR) is 85.7 cm³/mol. The van der Waals surface area contributed by atoms with E-state index < -0.39 is 0 Å². The molecule has 0 fully saturated rings. The van der Waals surface area contributed by atoms with Gasteiger partial charge in [0.2, 0.25) is 0 Å². The lowest BCUT2D eigenvalue weighted by atomic mass is 9.83. The summed E-state index contributed by atoms with van der Waals surface area (Å²) in [6.45, 7) is 8.92. The summed E-state index contributed by atoms with van der Waals surface area (Å²) in [5, 5.41) is 0.878. The quantitative estimate of drug-likeness (QED) is 0.689. The van der Waals surface area contributed by atoms with Gasteiger partial charge in [0, 0.05) is 17.1 Å². The zero-order valence-electron chi connectivity index (χ0n) is 12.0. The van der Waals surface area contributed by atoms with Crippen LogP contribution in [0.25, 0.3) is 11.3 Å². The van der Waals surface area contributed by atoms with E-state index in [1.54, 1.807) is 0 Å². The molecule has 0 radical (unpaired) electrons. The second-order valence-corrected chi connectivity index (χ2v) is 6.47. The Bertz CT molecular complexity index is 568. The molecule has 0 atom stereocenters. The topological polar surface area (TPSA) is 12.9 Å². The number of nitrogens with zero attached hydrogens (tertiary/aromatic N) is 1. The van der Waals surface area contributed by atoms with E-state index in [1.807, 2.05) is 18.3 Å². The maximum absolute atomic E-state index is 4.49. The van der Waals surface area contributed by atoms with Gasteiger partial charge in [0.1, 0.15) is 0 Å². The first-order valence-electron chi connectivity index (χ1n) is 6.55. The third-order valence-electron chi connectivity index (χ3n) is 3.47. The molecule has 0 bridgehead atoms. The summed E-state index contributed by atoms with van der Waals surface area (Å²) in [7, 11) is 0. The highest BCUT2D eigenvalue weighted by molar-refractivity contribution is 9.08. The third kappa shape index (κ3) is 3.06. The molecule has 0 aliphatic rings. The van der Waals surface area contributed by atoms with Crippen molar-refractivity contribution in [1.29, 1.82) is 0 Å². The van der Waals surface area contributed by atoms with Crippen molar-refractivity contribution in [2.45, 2.75) is 38.4 Å². The molecular formula is C17H20BrN. The van der Waals surface area contributed by atoms with Crippen LogP contribution in [0, 0.1) is 6.92 Å². The van der Waals surface area contributed by atoms with Gasteiger partial charge in [-0.3, -0.25) is 4.98 Å². The van der Waals surface area contributed by atoms with Gasteiger partial charge in [0.25, 0.3) is 0 Å². The van der Waals surface area contributed by atoms with Gasteiger partial charge in [0.15, 0.2) is 0 Å². The van der Waals surface area contributed by atoms with Crippen LogP contribution >= 0.6 is 15.9 Å². The average Bonchev–Trinajstić information content (AvgIpc) is 2.38. The molecule has 1 heterocycles. The van der Waals surface area contributed by atoms with E-state index in [-0.39, 0.29) is 5.41 Å². The minimum Gasteiger partial charge on any atom is -0.256 e. The van der Waals surface area contributed by atoms with Crippen LogP contribution in [0.5, 0.6) is 0 Å². The molecule has 2 rings (SSSR count). The van der Waals surface area contributed by atoms with Crippen molar-refractivity contribution in [3.63, 3.8) is 0 Å². The Hall–Kier alpha value is -1.15. The van der Waals surface area contributed by atoms with Crippen molar-refractivity contribution < 1.29 is 0 Å². The Balaban J connectivity index is 2.66. The van der Waals surface area contributed by atoms with E-state index in [1.165, 1.54) is 22.3 Å². The number of aromatic nitrogens is 1. The first-order valence-corrected chi connectivity index (χ1v) is 7.67. The van der Waals surface area contributed by atoms with E-state index in [0.29, 0.717) is 0 Å². The summed E-state index contributed by atoms with van der Waals surface area (Å²) >= 11 is 3.60. The van der Waals surface area contributed by atoms with Gasteiger partial charge in [-0.25, -0.2) is 0 Å². The lowest BCUT2D eigenvalue weighted by Crippen LogP contribution is -2.12. The van der Waals surface area contributed by atoms with E-state index in [9.17, 15) is 0 Å². The maximum Gasteiger partial charge on any atom is 0.0704 e. The molecule has 100 valence electrons. The fourth-order valence-electron chi connectivity index (χ4n) is 2.13. The largest absolute Gasteiger partial charge is 0.256 e. The van der Waals surface area contributed by atoms with Crippen molar-refractivity contribution in [3.8, 4) is 11.3 Å². The highest BCUT2D eigenvalue weighted by atomic mass is 79.9. The molecule has 1 nitrogen and oxygen atoms in total. The molecule has 0 aliphatic carbocycles. The first-order chi connectivity index (χ1) is 8.93. The van der Waals surface area contributed by atoms with Gasteiger partial charge < -0.3 is 0 Å². The second kappa shape index (κ2) is 5.46. The average molecular weight is 318 g/mol. The molecule has 2 aromatic rings. The zero-order chi connectivity index (χ0) is 14.0. The summed E-state index contributed by atoms with van der Waals surface area (Å²) in [4.78, 5) is 4.49. The van der Waals surface area contributed by atoms with Crippen LogP contribution in [0.4, 0.5) is 0 Å². The van der Waals surface area contributed by atoms with Crippen molar-refractivity contribution in [3.05, 3.63) is 53.2 Å². The molecule has 19 heavy (non-hydrogen) atoms. The molecule has 0 amide bonds. The van der Waals surface area contributed by atoms with E-state index >= 15 is 0 Å². The van der Waals surface area contributed by atoms with Gasteiger partial charge in [-0.1, -0.05) is 48.8 Å². The fraction of sp³-hybridized carbons (Fsp3) is 0.353. The van der Waals surface area contributed by atoms with Crippen molar-refractivity contribution in [1.82, 2.24) is 4.98 Å². The Morgan fingerprint density at radius 3 is 2.42 bits per heavy atom. The van der Waals surface area contributed by atoms with Crippen molar-refractivity contribution in [2.75, 3.05) is 0 Å². The lowest BCUT2D eigenvalue weighted by molar-refractivity contribution is 0.589. The summed E-state index contributed by atoms with van der Waals surface area (Å²) < 4.78 is 0. The number of hydrogen-bond acceptors (Lipinski definition) is 1. The molecule has 0 aliphatic heterocycles. The number of pyridine rings is 1. The zero-order valence-corrected chi connectivity index (χ0v) is 13.6. The summed E-state index contributed by atoms with van der Waals surface area (Å²) in [6.07, 6.45) is 1.85. The smallest absolute Gasteiger partial charge is 0.0704 e. The van der Waals surface area contributed by atoms with Crippen LogP contribution < -0.4 is 0 Å². The number of alkyl halides is 1. The Kier molecular flexibility index (Phi) is 4.10. The minimum absolute atomic E-state index is 0.147. The second-order valence-electron chi connectivity index (χ2n) is 5.91. The monoisotopic (exact) mass is 317 g/mol. The minimum atomic E-state index is 0.147. The molecule has 0 spiro atoms. The molecule has 0 saturated carbocycles.